The molecule has 0 aliphatic heterocycles. The van der Waals surface area contributed by atoms with E-state index in [0.29, 0.717) is 11.8 Å². The van der Waals surface area contributed by atoms with Crippen molar-refractivity contribution < 1.29 is 0 Å². The Balaban J connectivity index is 1.11. The molecule has 0 amide bonds. The molecule has 298 valence electrons. The summed E-state index contributed by atoms with van der Waals surface area (Å²) in [6.45, 7) is 14.3. The third-order valence-corrected chi connectivity index (χ3v) is 16.5. The Kier molecular flexibility index (Phi) is 6.52. The van der Waals surface area contributed by atoms with Gasteiger partial charge in [-0.25, -0.2) is 0 Å². The maximum Gasteiger partial charge on any atom is 0.0728 e. The van der Waals surface area contributed by atoms with Gasteiger partial charge in [0.15, 0.2) is 0 Å². The molecule has 0 saturated heterocycles. The zero-order chi connectivity index (χ0) is 40.9. The molecule has 2 atom stereocenters. The highest BCUT2D eigenvalue weighted by molar-refractivity contribution is 6.26. The van der Waals surface area contributed by atoms with Crippen LogP contribution in [0.3, 0.4) is 0 Å². The third-order valence-electron chi connectivity index (χ3n) is 16.5. The molecular formula is C59H52N2. The molecule has 2 unspecified atom stereocenters. The lowest BCUT2D eigenvalue weighted by Crippen LogP contribution is -2.25. The van der Waals surface area contributed by atoms with Crippen molar-refractivity contribution in [1.82, 2.24) is 9.38 Å². The number of rotatable bonds is 1. The molecule has 2 heteroatoms. The van der Waals surface area contributed by atoms with Gasteiger partial charge in [0, 0.05) is 33.2 Å². The van der Waals surface area contributed by atoms with Crippen LogP contribution in [-0.4, -0.2) is 9.38 Å². The monoisotopic (exact) mass is 788 g/mol. The van der Waals surface area contributed by atoms with Crippen molar-refractivity contribution in [2.45, 2.75) is 102 Å². The summed E-state index contributed by atoms with van der Waals surface area (Å²) >= 11 is 0. The van der Waals surface area contributed by atoms with Crippen LogP contribution in [0.25, 0.3) is 71.5 Å². The van der Waals surface area contributed by atoms with Gasteiger partial charge >= 0.3 is 0 Å². The summed E-state index contributed by atoms with van der Waals surface area (Å²) in [5.41, 5.74) is 23.1. The molecule has 6 aromatic carbocycles. The van der Waals surface area contributed by atoms with Gasteiger partial charge in [0.05, 0.1) is 28.2 Å². The van der Waals surface area contributed by atoms with E-state index in [0.717, 1.165) is 11.8 Å². The van der Waals surface area contributed by atoms with Gasteiger partial charge in [-0.3, -0.25) is 4.98 Å². The van der Waals surface area contributed by atoms with Crippen molar-refractivity contribution in [3.63, 3.8) is 0 Å². The molecular weight excluding hydrogens is 737 g/mol. The van der Waals surface area contributed by atoms with Crippen molar-refractivity contribution in [3.05, 3.63) is 166 Å². The first-order valence-electron chi connectivity index (χ1n) is 23.1. The van der Waals surface area contributed by atoms with E-state index in [2.05, 4.69) is 167 Å². The molecule has 9 aromatic rings. The van der Waals surface area contributed by atoms with E-state index in [4.69, 9.17) is 4.98 Å². The molecule has 3 aromatic heterocycles. The van der Waals surface area contributed by atoms with E-state index in [9.17, 15) is 0 Å². The summed E-state index contributed by atoms with van der Waals surface area (Å²) in [7, 11) is 0. The molecule has 0 radical (unpaired) electrons. The van der Waals surface area contributed by atoms with Gasteiger partial charge in [-0.15, -0.1) is 0 Å². The fourth-order valence-corrected chi connectivity index (χ4v) is 14.2. The Morgan fingerprint density at radius 2 is 1.10 bits per heavy atom. The van der Waals surface area contributed by atoms with Crippen LogP contribution in [0.15, 0.2) is 121 Å². The molecule has 61 heavy (non-hydrogen) atoms. The maximum atomic E-state index is 5.54. The zero-order valence-corrected chi connectivity index (χ0v) is 36.3. The molecule has 2 nitrogen and oxygen atoms in total. The van der Waals surface area contributed by atoms with E-state index >= 15 is 0 Å². The quantitative estimate of drug-likeness (QED) is 0.162. The lowest BCUT2D eigenvalue weighted by molar-refractivity contribution is 0.165. The van der Waals surface area contributed by atoms with Gasteiger partial charge in [-0.1, -0.05) is 133 Å². The Morgan fingerprint density at radius 3 is 1.70 bits per heavy atom. The highest BCUT2D eigenvalue weighted by Crippen LogP contribution is 2.64. The number of pyridine rings is 1. The van der Waals surface area contributed by atoms with Crippen molar-refractivity contribution >= 4 is 38.1 Å². The second-order valence-corrected chi connectivity index (χ2v) is 21.9. The summed E-state index contributed by atoms with van der Waals surface area (Å²) in [6.07, 6.45) is 9.03. The second kappa shape index (κ2) is 11.4. The van der Waals surface area contributed by atoms with E-state index < -0.39 is 0 Å². The number of aromatic nitrogens is 2. The first-order chi connectivity index (χ1) is 29.5. The SMILES string of the molecule is CC(C)(C)c1cc(C(C)(C)C)c2c3cc(-c4ccc5c(c4)C4(c6ccccc6-c6ccccc64)c4ccccc4-5)cc4c5c6c(ncc5n(c2c1)c34)C1CC2CC(C1)CC6C2. The predicted molar refractivity (Wildman–Crippen MR) is 254 cm³/mol. The summed E-state index contributed by atoms with van der Waals surface area (Å²) < 4.78 is 2.66. The molecule has 2 saturated carbocycles. The number of hydrogen-bond donors (Lipinski definition) is 0. The zero-order valence-electron chi connectivity index (χ0n) is 36.3. The van der Waals surface area contributed by atoms with E-state index in [1.54, 1.807) is 5.56 Å². The summed E-state index contributed by atoms with van der Waals surface area (Å²) in [6, 6.07) is 45.3. The normalized spacial score (nSPS) is 21.7. The largest absolute Gasteiger partial charge is 0.306 e. The van der Waals surface area contributed by atoms with E-state index in [-0.39, 0.29) is 16.2 Å². The van der Waals surface area contributed by atoms with E-state index in [1.807, 2.05) is 0 Å². The summed E-state index contributed by atoms with van der Waals surface area (Å²) in [5, 5.41) is 5.70. The van der Waals surface area contributed by atoms with Gasteiger partial charge in [0.1, 0.15) is 0 Å². The minimum Gasteiger partial charge on any atom is -0.306 e. The molecule has 15 rings (SSSR count). The molecule has 2 fully saturated rings. The van der Waals surface area contributed by atoms with Gasteiger partial charge < -0.3 is 4.40 Å². The van der Waals surface area contributed by atoms with Crippen LogP contribution in [0.1, 0.15) is 130 Å². The lowest BCUT2D eigenvalue weighted by Gasteiger charge is -2.38. The van der Waals surface area contributed by atoms with Crippen LogP contribution in [0, 0.1) is 11.8 Å². The topological polar surface area (TPSA) is 17.3 Å². The molecule has 6 aliphatic carbocycles. The molecule has 6 aliphatic rings. The minimum atomic E-state index is -0.372. The number of fused-ring (bicyclic) bond motifs is 16. The predicted octanol–water partition coefficient (Wildman–Crippen LogP) is 15.2. The molecule has 3 heterocycles. The fourth-order valence-electron chi connectivity index (χ4n) is 14.2. The van der Waals surface area contributed by atoms with Gasteiger partial charge in [0.25, 0.3) is 0 Å². The first kappa shape index (κ1) is 34.9. The van der Waals surface area contributed by atoms with Crippen LogP contribution in [0.4, 0.5) is 0 Å². The van der Waals surface area contributed by atoms with Gasteiger partial charge in [-0.05, 0) is 157 Å². The lowest BCUT2D eigenvalue weighted by atomic mass is 9.67. The van der Waals surface area contributed by atoms with Crippen LogP contribution in [0.5, 0.6) is 0 Å². The number of hydrogen-bond acceptors (Lipinski definition) is 1. The molecule has 0 N–H and O–H groups in total. The maximum absolute atomic E-state index is 5.54. The summed E-state index contributed by atoms with van der Waals surface area (Å²) in [5.74, 6) is 2.88. The van der Waals surface area contributed by atoms with Gasteiger partial charge in [-0.2, -0.15) is 0 Å². The Labute approximate surface area is 359 Å². The second-order valence-electron chi connectivity index (χ2n) is 21.9. The highest BCUT2D eigenvalue weighted by Gasteiger charge is 2.52. The Morgan fingerprint density at radius 1 is 0.525 bits per heavy atom. The smallest absolute Gasteiger partial charge is 0.0728 e. The highest BCUT2D eigenvalue weighted by atomic mass is 14.9. The van der Waals surface area contributed by atoms with Crippen LogP contribution >= 0.6 is 0 Å². The van der Waals surface area contributed by atoms with Crippen LogP contribution in [0.2, 0.25) is 0 Å². The standard InChI is InChI=1S/C59H52N2/c1-57(2,3)38-29-49(58(4,5)6)53-43-26-35(27-44-54-51(61(56(43)44)50(53)30-38)31-60-55-37-24-32-21-33(25-37)23-36(22-32)52(54)55)34-19-20-42-41-15-9-12-18-47(41)59(48(42)28-34)45-16-10-7-13-39(45)40-14-8-11-17-46(40)59/h7-20,26-33,36-37H,21-25H2,1-6H3. The van der Waals surface area contributed by atoms with Gasteiger partial charge in [0.2, 0.25) is 0 Å². The fraction of sp³-hybridized carbons (Fsp3) is 0.305. The molecule has 1 spiro atoms. The Bertz CT molecular complexity index is 3320. The van der Waals surface area contributed by atoms with Crippen molar-refractivity contribution in [2.24, 2.45) is 11.8 Å². The summed E-state index contributed by atoms with van der Waals surface area (Å²) in [4.78, 5) is 5.54. The minimum absolute atomic E-state index is 0.0138. The average Bonchev–Trinajstić information content (AvgIpc) is 3.92. The van der Waals surface area contributed by atoms with Crippen molar-refractivity contribution in [1.29, 1.82) is 0 Å². The average molecular weight is 789 g/mol. The first-order valence-corrected chi connectivity index (χ1v) is 23.1. The third kappa shape index (κ3) is 4.32. The Hall–Kier alpha value is -5.73. The number of nitrogens with zero attached hydrogens (tertiary/aromatic N) is 2. The van der Waals surface area contributed by atoms with Crippen molar-refractivity contribution in [3.8, 4) is 33.4 Å². The van der Waals surface area contributed by atoms with Crippen LogP contribution < -0.4 is 0 Å². The number of benzene rings is 6. The van der Waals surface area contributed by atoms with E-state index in [1.165, 1.54) is 143 Å². The molecule has 4 bridgehead atoms. The van der Waals surface area contributed by atoms with Crippen molar-refractivity contribution in [2.75, 3.05) is 0 Å². The van der Waals surface area contributed by atoms with Crippen LogP contribution in [-0.2, 0) is 16.2 Å².